The van der Waals surface area contributed by atoms with Gasteiger partial charge in [-0.2, -0.15) is 0 Å². The number of aromatic nitrogens is 2. The number of imidazole rings is 1. The lowest BCUT2D eigenvalue weighted by molar-refractivity contribution is 0.104. The van der Waals surface area contributed by atoms with Crippen molar-refractivity contribution in [1.82, 2.24) is 9.38 Å². The third-order valence-electron chi connectivity index (χ3n) is 4.69. The van der Waals surface area contributed by atoms with E-state index in [-0.39, 0.29) is 11.3 Å². The van der Waals surface area contributed by atoms with Crippen LogP contribution in [0.25, 0.3) is 5.65 Å². The van der Waals surface area contributed by atoms with E-state index in [4.69, 9.17) is 0 Å². The van der Waals surface area contributed by atoms with E-state index < -0.39 is 0 Å². The number of fused-ring (bicyclic) bond motifs is 3. The highest BCUT2D eigenvalue weighted by atomic mass is 16.1. The molecular formula is C19H18N2O2. The second kappa shape index (κ2) is 5.23. The molecule has 1 aliphatic rings. The van der Waals surface area contributed by atoms with Crippen molar-refractivity contribution in [2.24, 2.45) is 5.92 Å². The van der Waals surface area contributed by atoms with Gasteiger partial charge in [0, 0.05) is 23.0 Å². The first-order valence-corrected chi connectivity index (χ1v) is 8.00. The van der Waals surface area contributed by atoms with Crippen LogP contribution in [0.1, 0.15) is 40.7 Å². The summed E-state index contributed by atoms with van der Waals surface area (Å²) in [6.45, 7) is 2.22. The van der Waals surface area contributed by atoms with E-state index in [1.807, 2.05) is 18.2 Å². The molecule has 0 saturated heterocycles. The lowest BCUT2D eigenvalue weighted by atomic mass is 9.91. The third-order valence-corrected chi connectivity index (χ3v) is 4.69. The molecule has 0 radical (unpaired) electrons. The van der Waals surface area contributed by atoms with Crippen LogP contribution in [-0.4, -0.2) is 15.2 Å². The number of H-pyrrole nitrogens is 1. The van der Waals surface area contributed by atoms with Crippen LogP contribution in [-0.2, 0) is 12.8 Å². The normalized spacial score (nSPS) is 17.2. The number of pyridine rings is 1. The number of rotatable bonds is 2. The first-order valence-electron chi connectivity index (χ1n) is 8.00. The fourth-order valence-corrected chi connectivity index (χ4v) is 3.47. The molecule has 23 heavy (non-hydrogen) atoms. The molecule has 1 aromatic carbocycles. The zero-order valence-corrected chi connectivity index (χ0v) is 13.0. The maximum absolute atomic E-state index is 12.8. The van der Waals surface area contributed by atoms with Gasteiger partial charge in [-0.3, -0.25) is 14.0 Å². The minimum absolute atomic E-state index is 0.0604. The number of hydrogen-bond donors (Lipinski definition) is 1. The summed E-state index contributed by atoms with van der Waals surface area (Å²) in [5.41, 5.74) is 3.87. The lowest BCUT2D eigenvalue weighted by Gasteiger charge is -2.17. The highest BCUT2D eigenvalue weighted by Gasteiger charge is 2.23. The predicted molar refractivity (Wildman–Crippen MR) is 89.1 cm³/mol. The van der Waals surface area contributed by atoms with Gasteiger partial charge in [-0.05, 0) is 31.2 Å². The van der Waals surface area contributed by atoms with Crippen molar-refractivity contribution in [3.63, 3.8) is 0 Å². The minimum Gasteiger partial charge on any atom is -0.343 e. The molecule has 0 spiro atoms. The fourth-order valence-electron chi connectivity index (χ4n) is 3.47. The average molecular weight is 306 g/mol. The summed E-state index contributed by atoms with van der Waals surface area (Å²) in [6.07, 6.45) is 2.87. The van der Waals surface area contributed by atoms with Gasteiger partial charge >= 0.3 is 0 Å². The smallest absolute Gasteiger partial charge is 0.256 e. The Morgan fingerprint density at radius 3 is 2.74 bits per heavy atom. The van der Waals surface area contributed by atoms with Crippen LogP contribution in [0.3, 0.4) is 0 Å². The van der Waals surface area contributed by atoms with Crippen molar-refractivity contribution in [3.8, 4) is 0 Å². The van der Waals surface area contributed by atoms with Gasteiger partial charge in [0.15, 0.2) is 5.78 Å². The number of carbonyl (C=O) groups excluding carboxylic acids is 1. The largest absolute Gasteiger partial charge is 0.343 e. The van der Waals surface area contributed by atoms with E-state index in [2.05, 4.69) is 11.9 Å². The number of nitrogens with one attached hydrogen (secondary N) is 1. The van der Waals surface area contributed by atoms with Crippen molar-refractivity contribution < 1.29 is 4.79 Å². The molecule has 1 aliphatic carbocycles. The highest BCUT2D eigenvalue weighted by Crippen LogP contribution is 2.26. The zero-order valence-electron chi connectivity index (χ0n) is 13.0. The number of ketones is 1. The molecule has 0 aliphatic heterocycles. The minimum atomic E-state index is -0.0725. The molecule has 2 aromatic heterocycles. The molecule has 0 amide bonds. The maximum Gasteiger partial charge on any atom is 0.256 e. The molecule has 0 fully saturated rings. The molecule has 1 N–H and O–H groups in total. The second-order valence-electron chi connectivity index (χ2n) is 6.36. The number of carbonyl (C=O) groups is 1. The van der Waals surface area contributed by atoms with Crippen molar-refractivity contribution in [2.45, 2.75) is 26.2 Å². The van der Waals surface area contributed by atoms with Crippen molar-refractivity contribution in [3.05, 3.63) is 75.3 Å². The third kappa shape index (κ3) is 2.22. The Kier molecular flexibility index (Phi) is 3.18. The summed E-state index contributed by atoms with van der Waals surface area (Å²) in [6, 6.07) is 12.3. The summed E-state index contributed by atoms with van der Waals surface area (Å²) < 4.78 is 1.69. The van der Waals surface area contributed by atoms with Crippen LogP contribution < -0.4 is 5.56 Å². The molecule has 1 unspecified atom stereocenters. The Morgan fingerprint density at radius 1 is 1.17 bits per heavy atom. The highest BCUT2D eigenvalue weighted by molar-refractivity contribution is 6.12. The molecule has 3 aromatic rings. The van der Waals surface area contributed by atoms with Gasteiger partial charge in [0.1, 0.15) is 5.65 Å². The predicted octanol–water partition coefficient (Wildman–Crippen LogP) is 2.98. The summed E-state index contributed by atoms with van der Waals surface area (Å²) >= 11 is 0. The van der Waals surface area contributed by atoms with E-state index >= 15 is 0 Å². The van der Waals surface area contributed by atoms with Crippen LogP contribution in [0.2, 0.25) is 0 Å². The molecular weight excluding hydrogens is 288 g/mol. The van der Waals surface area contributed by atoms with Gasteiger partial charge in [0.2, 0.25) is 0 Å². The van der Waals surface area contributed by atoms with Gasteiger partial charge in [-0.1, -0.05) is 37.3 Å². The summed E-state index contributed by atoms with van der Waals surface area (Å²) in [5, 5.41) is 0. The molecule has 2 heterocycles. The quantitative estimate of drug-likeness (QED) is 0.740. The first-order chi connectivity index (χ1) is 11.1. The molecule has 1 atom stereocenters. The number of nitrogens with zero attached hydrogens (tertiary/aromatic N) is 1. The Bertz CT molecular complexity index is 951. The van der Waals surface area contributed by atoms with Crippen molar-refractivity contribution in [1.29, 1.82) is 0 Å². The van der Waals surface area contributed by atoms with E-state index in [9.17, 15) is 9.59 Å². The first kappa shape index (κ1) is 14.0. The van der Waals surface area contributed by atoms with Crippen LogP contribution in [0.4, 0.5) is 0 Å². The monoisotopic (exact) mass is 306 g/mol. The van der Waals surface area contributed by atoms with Crippen LogP contribution in [0.5, 0.6) is 0 Å². The SMILES string of the molecule is CC1CCc2c([nH]c3c(C(=O)c4ccccc4)ccc(=O)n23)C1. The summed E-state index contributed by atoms with van der Waals surface area (Å²) in [5.74, 6) is 0.536. The molecule has 0 bridgehead atoms. The second-order valence-corrected chi connectivity index (χ2v) is 6.36. The Balaban J connectivity index is 1.94. The molecule has 4 heteroatoms. The summed E-state index contributed by atoms with van der Waals surface area (Å²) in [4.78, 5) is 28.5. The maximum atomic E-state index is 12.8. The van der Waals surface area contributed by atoms with Crippen LogP contribution in [0, 0.1) is 5.92 Å². The Labute approximate surface area is 133 Å². The Morgan fingerprint density at radius 2 is 1.96 bits per heavy atom. The van der Waals surface area contributed by atoms with Gasteiger partial charge in [-0.25, -0.2) is 0 Å². The number of hydrogen-bond acceptors (Lipinski definition) is 2. The molecule has 0 saturated carbocycles. The van der Waals surface area contributed by atoms with Crippen LogP contribution >= 0.6 is 0 Å². The standard InChI is InChI=1S/C19H18N2O2/c1-12-7-9-16-15(11-12)20-19-14(8-10-17(22)21(16)19)18(23)13-5-3-2-4-6-13/h2-6,8,10,12,20H,7,9,11H2,1H3. The fraction of sp³-hybridized carbons (Fsp3) is 0.263. The van der Waals surface area contributed by atoms with Gasteiger partial charge in [0.05, 0.1) is 5.56 Å². The zero-order chi connectivity index (χ0) is 16.0. The molecule has 116 valence electrons. The Hall–Kier alpha value is -2.62. The summed E-state index contributed by atoms with van der Waals surface area (Å²) in [7, 11) is 0. The number of aryl methyl sites for hydroxylation is 1. The van der Waals surface area contributed by atoms with E-state index in [0.717, 1.165) is 30.7 Å². The van der Waals surface area contributed by atoms with Crippen molar-refractivity contribution in [2.75, 3.05) is 0 Å². The lowest BCUT2D eigenvalue weighted by Crippen LogP contribution is -2.19. The van der Waals surface area contributed by atoms with Gasteiger partial charge < -0.3 is 4.98 Å². The van der Waals surface area contributed by atoms with E-state index in [0.29, 0.717) is 22.7 Å². The number of benzene rings is 1. The topological polar surface area (TPSA) is 54.3 Å². The van der Waals surface area contributed by atoms with Gasteiger partial charge in [-0.15, -0.1) is 0 Å². The van der Waals surface area contributed by atoms with Crippen molar-refractivity contribution >= 4 is 11.4 Å². The molecule has 4 rings (SSSR count). The van der Waals surface area contributed by atoms with Gasteiger partial charge in [0.25, 0.3) is 5.56 Å². The molecule has 4 nitrogen and oxygen atoms in total. The van der Waals surface area contributed by atoms with E-state index in [1.165, 1.54) is 6.07 Å². The van der Waals surface area contributed by atoms with E-state index in [1.54, 1.807) is 22.6 Å². The number of aromatic amines is 1. The average Bonchev–Trinajstić information content (AvgIpc) is 2.94. The van der Waals surface area contributed by atoms with Crippen LogP contribution in [0.15, 0.2) is 47.3 Å².